The second-order valence-corrected chi connectivity index (χ2v) is 4.87. The Bertz CT molecular complexity index is 336. The quantitative estimate of drug-likeness (QED) is 0.693. The van der Waals surface area contributed by atoms with Crippen LogP contribution in [0.1, 0.15) is 6.42 Å². The maximum Gasteiger partial charge on any atom is 0.185 e. The van der Waals surface area contributed by atoms with Crippen LogP contribution in [0, 0.1) is 11.3 Å². The van der Waals surface area contributed by atoms with E-state index in [0.717, 1.165) is 0 Å². The minimum Gasteiger partial charge on any atom is -0.388 e. The van der Waals surface area contributed by atoms with Crippen molar-refractivity contribution in [3.05, 3.63) is 10.6 Å². The van der Waals surface area contributed by atoms with E-state index >= 15 is 0 Å². The summed E-state index contributed by atoms with van der Waals surface area (Å²) in [4.78, 5) is 10.4. The molecule has 0 aromatic rings. The second-order valence-electron chi connectivity index (χ2n) is 3.03. The van der Waals surface area contributed by atoms with E-state index in [9.17, 15) is 15.0 Å². The van der Waals surface area contributed by atoms with Gasteiger partial charge in [0.15, 0.2) is 5.78 Å². The first-order valence-corrected chi connectivity index (χ1v) is 5.47. The summed E-state index contributed by atoms with van der Waals surface area (Å²) in [6.45, 7) is 0. The number of ketones is 1. The molecule has 76 valence electrons. The molecule has 0 fully saturated rings. The molecule has 0 radical (unpaired) electrons. The summed E-state index contributed by atoms with van der Waals surface area (Å²) >= 11 is 5.93. The molecule has 0 aromatic heterocycles. The van der Waals surface area contributed by atoms with E-state index < -0.39 is 16.5 Å². The molecule has 0 spiro atoms. The Balaban J connectivity index is 3.11. The van der Waals surface area contributed by atoms with Crippen LogP contribution < -0.4 is 0 Å². The van der Waals surface area contributed by atoms with Crippen LogP contribution in [-0.2, 0) is 4.79 Å². The number of carbonyl (C=O) groups excluding carboxylic acids is 1. The van der Waals surface area contributed by atoms with Crippen LogP contribution in [-0.4, -0.2) is 32.5 Å². The molecule has 6 heteroatoms. The zero-order valence-corrected chi connectivity index (χ0v) is 10.1. The molecule has 3 atom stereocenters. The summed E-state index contributed by atoms with van der Waals surface area (Å²) in [5, 5.41) is 27.9. The van der Waals surface area contributed by atoms with Gasteiger partial charge in [-0.05, 0) is 22.0 Å². The van der Waals surface area contributed by atoms with Gasteiger partial charge in [0, 0.05) is 0 Å². The Morgan fingerprint density at radius 3 is 2.79 bits per heavy atom. The van der Waals surface area contributed by atoms with Crippen LogP contribution in [0.4, 0.5) is 0 Å². The van der Waals surface area contributed by atoms with Crippen molar-refractivity contribution >= 4 is 37.6 Å². The van der Waals surface area contributed by atoms with Crippen molar-refractivity contribution in [3.63, 3.8) is 0 Å². The highest BCUT2D eigenvalue weighted by atomic mass is 79.9. The zero-order valence-electron chi connectivity index (χ0n) is 6.94. The molecule has 1 aliphatic carbocycles. The van der Waals surface area contributed by atoms with Gasteiger partial charge in [0.05, 0.1) is 17.0 Å². The standard InChI is InChI=1S/C8H7Br2NO3/c9-4-3-8(14,1-2-11)7(13)5(10)6(4)12/h3,5,7,13-14H,1H2/t5-,7+,8+/m0/s1. The van der Waals surface area contributed by atoms with Crippen molar-refractivity contribution in [2.24, 2.45) is 0 Å². The van der Waals surface area contributed by atoms with Crippen LogP contribution >= 0.6 is 31.9 Å². The van der Waals surface area contributed by atoms with E-state index in [1.807, 2.05) is 0 Å². The monoisotopic (exact) mass is 323 g/mol. The Hall–Kier alpha value is -0.220. The molecular weight excluding hydrogens is 318 g/mol. The molecule has 0 saturated heterocycles. The Morgan fingerprint density at radius 1 is 1.71 bits per heavy atom. The van der Waals surface area contributed by atoms with Crippen LogP contribution in [0.5, 0.6) is 0 Å². The maximum atomic E-state index is 11.3. The van der Waals surface area contributed by atoms with Crippen LogP contribution in [0.25, 0.3) is 0 Å². The lowest BCUT2D eigenvalue weighted by molar-refractivity contribution is -0.121. The summed E-state index contributed by atoms with van der Waals surface area (Å²) in [7, 11) is 0. The van der Waals surface area contributed by atoms with Gasteiger partial charge in [-0.25, -0.2) is 0 Å². The maximum absolute atomic E-state index is 11.3. The second kappa shape index (κ2) is 4.11. The molecule has 2 N–H and O–H groups in total. The van der Waals surface area contributed by atoms with E-state index in [1.54, 1.807) is 6.07 Å². The topological polar surface area (TPSA) is 81.3 Å². The van der Waals surface area contributed by atoms with Gasteiger partial charge in [-0.2, -0.15) is 5.26 Å². The van der Waals surface area contributed by atoms with Crippen LogP contribution in [0.15, 0.2) is 10.6 Å². The third kappa shape index (κ3) is 1.91. The van der Waals surface area contributed by atoms with Crippen molar-refractivity contribution in [2.75, 3.05) is 0 Å². The van der Waals surface area contributed by atoms with Crippen molar-refractivity contribution in [1.82, 2.24) is 0 Å². The van der Waals surface area contributed by atoms with Gasteiger partial charge in [-0.3, -0.25) is 4.79 Å². The first-order valence-electron chi connectivity index (χ1n) is 3.76. The molecule has 0 unspecified atom stereocenters. The summed E-state index contributed by atoms with van der Waals surface area (Å²) in [5.74, 6) is -0.347. The minimum absolute atomic E-state index is 0.169. The first-order chi connectivity index (χ1) is 6.42. The lowest BCUT2D eigenvalue weighted by atomic mass is 9.85. The summed E-state index contributed by atoms with van der Waals surface area (Å²) in [6, 6.07) is 1.76. The van der Waals surface area contributed by atoms with Gasteiger partial charge >= 0.3 is 0 Å². The van der Waals surface area contributed by atoms with Crippen molar-refractivity contribution < 1.29 is 15.0 Å². The molecule has 0 aromatic carbocycles. The van der Waals surface area contributed by atoms with E-state index in [4.69, 9.17) is 5.26 Å². The average molecular weight is 325 g/mol. The van der Waals surface area contributed by atoms with E-state index in [1.165, 1.54) is 6.08 Å². The molecule has 0 amide bonds. The summed E-state index contributed by atoms with van der Waals surface area (Å²) in [6.07, 6.45) is -0.407. The van der Waals surface area contributed by atoms with Crippen molar-refractivity contribution in [2.45, 2.75) is 23.0 Å². The number of carbonyl (C=O) groups is 1. The highest BCUT2D eigenvalue weighted by molar-refractivity contribution is 9.12. The van der Waals surface area contributed by atoms with E-state index in [2.05, 4.69) is 31.9 Å². The highest BCUT2D eigenvalue weighted by Crippen LogP contribution is 2.33. The molecule has 0 saturated carbocycles. The predicted octanol–water partition coefficient (Wildman–Crippen LogP) is 0.617. The number of aliphatic hydroxyl groups is 2. The number of halogens is 2. The number of Topliss-reactive ketones (excluding diaryl/α,β-unsaturated/α-hetero) is 1. The third-order valence-electron chi connectivity index (χ3n) is 2.01. The smallest absolute Gasteiger partial charge is 0.185 e. The molecule has 4 nitrogen and oxygen atoms in total. The average Bonchev–Trinajstić information content (AvgIpc) is 2.12. The number of hydrogen-bond donors (Lipinski definition) is 2. The highest BCUT2D eigenvalue weighted by Gasteiger charge is 2.45. The van der Waals surface area contributed by atoms with Gasteiger partial charge in [-0.15, -0.1) is 0 Å². The summed E-state index contributed by atoms with van der Waals surface area (Å²) < 4.78 is 0.169. The summed E-state index contributed by atoms with van der Waals surface area (Å²) in [5.41, 5.74) is -1.67. The van der Waals surface area contributed by atoms with Gasteiger partial charge < -0.3 is 10.2 Å². The van der Waals surface area contributed by atoms with Crippen molar-refractivity contribution in [1.29, 1.82) is 5.26 Å². The Labute approximate surface area is 97.5 Å². The molecule has 0 heterocycles. The fourth-order valence-electron chi connectivity index (χ4n) is 1.19. The van der Waals surface area contributed by atoms with Gasteiger partial charge in [-0.1, -0.05) is 15.9 Å². The molecule has 1 aliphatic rings. The van der Waals surface area contributed by atoms with E-state index in [0.29, 0.717) is 0 Å². The van der Waals surface area contributed by atoms with Crippen LogP contribution in [0.2, 0.25) is 0 Å². The lowest BCUT2D eigenvalue weighted by Gasteiger charge is -2.34. The number of nitrogens with zero attached hydrogens (tertiary/aromatic N) is 1. The minimum atomic E-state index is -1.67. The number of aliphatic hydroxyl groups excluding tert-OH is 1. The fraction of sp³-hybridized carbons (Fsp3) is 0.500. The third-order valence-corrected chi connectivity index (χ3v) is 3.55. The van der Waals surface area contributed by atoms with Crippen LogP contribution in [0.3, 0.4) is 0 Å². The zero-order chi connectivity index (χ0) is 10.9. The first kappa shape index (κ1) is 11.9. The Morgan fingerprint density at radius 2 is 2.29 bits per heavy atom. The SMILES string of the molecule is N#CC[C@@]1(O)C=C(Br)C(=O)[C@H](Br)[C@H]1O. The van der Waals surface area contributed by atoms with Crippen molar-refractivity contribution in [3.8, 4) is 6.07 Å². The molecular formula is C8H7Br2NO3. The molecule has 1 rings (SSSR count). The van der Waals surface area contributed by atoms with Gasteiger partial charge in [0.2, 0.25) is 0 Å². The Kier molecular flexibility index (Phi) is 3.48. The predicted molar refractivity (Wildman–Crippen MR) is 55.9 cm³/mol. The number of nitriles is 1. The normalized spacial score (nSPS) is 37.6. The number of alkyl halides is 1. The molecule has 0 bridgehead atoms. The van der Waals surface area contributed by atoms with Gasteiger partial charge in [0.1, 0.15) is 16.5 Å². The van der Waals surface area contributed by atoms with E-state index in [-0.39, 0.29) is 16.7 Å². The largest absolute Gasteiger partial charge is 0.388 e. The lowest BCUT2D eigenvalue weighted by Crippen LogP contribution is -2.51. The fourth-order valence-corrected chi connectivity index (χ4v) is 2.84. The number of rotatable bonds is 1. The van der Waals surface area contributed by atoms with Gasteiger partial charge in [0.25, 0.3) is 0 Å². The number of hydrogen-bond acceptors (Lipinski definition) is 4. The number of allylic oxidation sites excluding steroid dienone is 1. The molecule has 0 aliphatic heterocycles. The molecule has 14 heavy (non-hydrogen) atoms.